The molecule has 0 aliphatic rings. The summed E-state index contributed by atoms with van der Waals surface area (Å²) in [6.45, 7) is 4.47. The van der Waals surface area contributed by atoms with Crippen LogP contribution in [0.3, 0.4) is 0 Å². The maximum atomic E-state index is 12.8. The zero-order valence-corrected chi connectivity index (χ0v) is 16.9. The van der Waals surface area contributed by atoms with Crippen LogP contribution in [-0.2, 0) is 6.54 Å². The van der Waals surface area contributed by atoms with Crippen LogP contribution in [0.5, 0.6) is 0 Å². The molecule has 1 N–H and O–H groups in total. The van der Waals surface area contributed by atoms with Gasteiger partial charge in [-0.3, -0.25) is 4.79 Å². The molecule has 2 aromatic carbocycles. The van der Waals surface area contributed by atoms with Crippen molar-refractivity contribution in [1.82, 2.24) is 19.3 Å². The van der Waals surface area contributed by atoms with Crippen LogP contribution in [0.15, 0.2) is 67.0 Å². The molecular formula is C22H20ClN5O. The lowest BCUT2D eigenvalue weighted by molar-refractivity contribution is 0.102. The number of hydrogen-bond acceptors (Lipinski definition) is 3. The van der Waals surface area contributed by atoms with Crippen molar-refractivity contribution < 1.29 is 4.79 Å². The second kappa shape index (κ2) is 7.93. The minimum atomic E-state index is -0.284. The number of benzene rings is 2. The summed E-state index contributed by atoms with van der Waals surface area (Å²) in [6, 6.07) is 17.2. The van der Waals surface area contributed by atoms with E-state index in [1.165, 1.54) is 0 Å². The molecule has 146 valence electrons. The monoisotopic (exact) mass is 405 g/mol. The Hall–Kier alpha value is -3.38. The van der Waals surface area contributed by atoms with Crippen LogP contribution in [0.1, 0.15) is 27.4 Å². The molecule has 0 radical (unpaired) electrons. The average molecular weight is 406 g/mol. The van der Waals surface area contributed by atoms with E-state index in [0.717, 1.165) is 23.6 Å². The van der Waals surface area contributed by atoms with Crippen molar-refractivity contribution in [3.8, 4) is 5.69 Å². The fourth-order valence-corrected chi connectivity index (χ4v) is 3.51. The SMILES string of the molecule is Cc1nn(-c2ccccc2)c(Cl)c1C(=O)Nc1ccc(Cn2ccnc2C)cc1. The van der Waals surface area contributed by atoms with E-state index in [2.05, 4.69) is 20.0 Å². The Labute approximate surface area is 173 Å². The van der Waals surface area contributed by atoms with Crippen LogP contribution in [0, 0.1) is 13.8 Å². The van der Waals surface area contributed by atoms with Gasteiger partial charge in [0.05, 0.1) is 11.4 Å². The molecule has 1 amide bonds. The first-order valence-corrected chi connectivity index (χ1v) is 9.59. The number of imidazole rings is 1. The molecule has 4 rings (SSSR count). The maximum Gasteiger partial charge on any atom is 0.260 e. The molecule has 0 fully saturated rings. The molecule has 2 heterocycles. The smallest absolute Gasteiger partial charge is 0.260 e. The highest BCUT2D eigenvalue weighted by Crippen LogP contribution is 2.24. The first-order valence-electron chi connectivity index (χ1n) is 9.21. The van der Waals surface area contributed by atoms with Gasteiger partial charge in [-0.1, -0.05) is 41.9 Å². The average Bonchev–Trinajstić information content (AvgIpc) is 3.26. The lowest BCUT2D eigenvalue weighted by Crippen LogP contribution is -2.13. The van der Waals surface area contributed by atoms with E-state index in [1.807, 2.05) is 67.7 Å². The number of amides is 1. The van der Waals surface area contributed by atoms with Gasteiger partial charge in [0.15, 0.2) is 0 Å². The zero-order chi connectivity index (χ0) is 20.4. The van der Waals surface area contributed by atoms with Gasteiger partial charge >= 0.3 is 0 Å². The Bertz CT molecular complexity index is 1150. The quantitative estimate of drug-likeness (QED) is 0.526. The van der Waals surface area contributed by atoms with Crippen LogP contribution in [0.25, 0.3) is 5.69 Å². The van der Waals surface area contributed by atoms with E-state index >= 15 is 0 Å². The predicted molar refractivity (Wildman–Crippen MR) is 114 cm³/mol. The first-order chi connectivity index (χ1) is 14.0. The molecule has 0 atom stereocenters. The number of carbonyl (C=O) groups excluding carboxylic acids is 1. The second-order valence-electron chi connectivity index (χ2n) is 6.75. The van der Waals surface area contributed by atoms with E-state index in [0.29, 0.717) is 22.1 Å². The van der Waals surface area contributed by atoms with Crippen molar-refractivity contribution in [1.29, 1.82) is 0 Å². The molecule has 7 heteroatoms. The number of nitrogens with one attached hydrogen (secondary N) is 1. The summed E-state index contributed by atoms with van der Waals surface area (Å²) >= 11 is 6.48. The molecule has 0 saturated heterocycles. The van der Waals surface area contributed by atoms with Crippen LogP contribution in [0.4, 0.5) is 5.69 Å². The number of rotatable bonds is 5. The molecule has 0 saturated carbocycles. The lowest BCUT2D eigenvalue weighted by atomic mass is 10.2. The lowest BCUT2D eigenvalue weighted by Gasteiger charge is -2.08. The fraction of sp³-hybridized carbons (Fsp3) is 0.136. The molecule has 0 aliphatic heterocycles. The van der Waals surface area contributed by atoms with Crippen molar-refractivity contribution in [2.45, 2.75) is 20.4 Å². The summed E-state index contributed by atoms with van der Waals surface area (Å²) in [5, 5.41) is 7.62. The van der Waals surface area contributed by atoms with Gasteiger partial charge in [-0.15, -0.1) is 0 Å². The van der Waals surface area contributed by atoms with Crippen LogP contribution in [0.2, 0.25) is 5.15 Å². The molecule has 0 aliphatic carbocycles. The summed E-state index contributed by atoms with van der Waals surface area (Å²) < 4.78 is 3.64. The Balaban J connectivity index is 1.51. The van der Waals surface area contributed by atoms with Crippen molar-refractivity contribution in [3.63, 3.8) is 0 Å². The molecule has 4 aromatic rings. The van der Waals surface area contributed by atoms with Crippen LogP contribution < -0.4 is 5.32 Å². The van der Waals surface area contributed by atoms with Crippen LogP contribution in [-0.4, -0.2) is 25.2 Å². The number of aromatic nitrogens is 4. The van der Waals surface area contributed by atoms with E-state index in [-0.39, 0.29) is 5.91 Å². The molecule has 2 aromatic heterocycles. The Morgan fingerprint density at radius 3 is 2.45 bits per heavy atom. The number of anilines is 1. The standard InChI is InChI=1S/C22H20ClN5O/c1-15-20(21(23)28(26-15)19-6-4-3-5-7-19)22(29)25-18-10-8-17(9-11-18)14-27-13-12-24-16(27)2/h3-13H,14H2,1-2H3,(H,25,29). The van der Waals surface area contributed by atoms with E-state index in [1.54, 1.807) is 17.8 Å². The Morgan fingerprint density at radius 1 is 1.07 bits per heavy atom. The number of nitrogens with zero attached hydrogens (tertiary/aromatic N) is 4. The molecule has 0 spiro atoms. The summed E-state index contributed by atoms with van der Waals surface area (Å²) in [5.41, 5.74) is 3.57. The largest absolute Gasteiger partial charge is 0.331 e. The first kappa shape index (κ1) is 19.0. The van der Waals surface area contributed by atoms with Crippen LogP contribution >= 0.6 is 11.6 Å². The topological polar surface area (TPSA) is 64.7 Å². The summed E-state index contributed by atoms with van der Waals surface area (Å²) in [6.07, 6.45) is 3.73. The van der Waals surface area contributed by atoms with E-state index < -0.39 is 0 Å². The van der Waals surface area contributed by atoms with Gasteiger partial charge < -0.3 is 9.88 Å². The van der Waals surface area contributed by atoms with Crippen molar-refractivity contribution in [2.24, 2.45) is 0 Å². The van der Waals surface area contributed by atoms with Gasteiger partial charge in [0, 0.05) is 24.6 Å². The highest BCUT2D eigenvalue weighted by molar-refractivity contribution is 6.34. The van der Waals surface area contributed by atoms with Gasteiger partial charge in [0.1, 0.15) is 16.5 Å². The summed E-state index contributed by atoms with van der Waals surface area (Å²) in [4.78, 5) is 17.1. The van der Waals surface area contributed by atoms with E-state index in [4.69, 9.17) is 11.6 Å². The van der Waals surface area contributed by atoms with Gasteiger partial charge in [-0.05, 0) is 43.7 Å². The predicted octanol–water partition coefficient (Wildman–Crippen LogP) is 4.64. The summed E-state index contributed by atoms with van der Waals surface area (Å²) in [7, 11) is 0. The molecular weight excluding hydrogens is 386 g/mol. The van der Waals surface area contributed by atoms with Gasteiger partial charge in [0.25, 0.3) is 5.91 Å². The van der Waals surface area contributed by atoms with Gasteiger partial charge in [-0.25, -0.2) is 9.67 Å². The number of carbonyl (C=O) groups is 1. The minimum absolute atomic E-state index is 0.284. The third-order valence-corrected chi connectivity index (χ3v) is 5.07. The highest BCUT2D eigenvalue weighted by atomic mass is 35.5. The Kier molecular flexibility index (Phi) is 5.18. The number of hydrogen-bond donors (Lipinski definition) is 1. The highest BCUT2D eigenvalue weighted by Gasteiger charge is 2.21. The maximum absolute atomic E-state index is 12.8. The molecule has 0 unspecified atom stereocenters. The number of halogens is 1. The second-order valence-corrected chi connectivity index (χ2v) is 7.11. The van der Waals surface area contributed by atoms with E-state index in [9.17, 15) is 4.79 Å². The van der Waals surface area contributed by atoms with Crippen molar-refractivity contribution in [3.05, 3.63) is 94.8 Å². The van der Waals surface area contributed by atoms with Gasteiger partial charge in [0.2, 0.25) is 0 Å². The van der Waals surface area contributed by atoms with Crippen molar-refractivity contribution in [2.75, 3.05) is 5.32 Å². The molecule has 29 heavy (non-hydrogen) atoms. The third-order valence-electron chi connectivity index (χ3n) is 4.72. The Morgan fingerprint density at radius 2 is 1.79 bits per heavy atom. The fourth-order valence-electron chi connectivity index (χ4n) is 3.15. The molecule has 0 bridgehead atoms. The van der Waals surface area contributed by atoms with Gasteiger partial charge in [-0.2, -0.15) is 5.10 Å². The molecule has 6 nitrogen and oxygen atoms in total. The summed E-state index contributed by atoms with van der Waals surface area (Å²) in [5.74, 6) is 0.677. The van der Waals surface area contributed by atoms with Crippen molar-refractivity contribution >= 4 is 23.2 Å². The zero-order valence-electron chi connectivity index (χ0n) is 16.1. The minimum Gasteiger partial charge on any atom is -0.331 e. The third kappa shape index (κ3) is 3.93. The normalized spacial score (nSPS) is 10.9. The number of para-hydroxylation sites is 1. The number of aryl methyl sites for hydroxylation is 2.